The summed E-state index contributed by atoms with van der Waals surface area (Å²) in [4.78, 5) is 12.6. The van der Waals surface area contributed by atoms with Crippen molar-refractivity contribution in [1.29, 1.82) is 0 Å². The number of nitrogens with zero attached hydrogens (tertiary/aromatic N) is 1. The van der Waals surface area contributed by atoms with Crippen molar-refractivity contribution >= 4 is 23.2 Å². The van der Waals surface area contributed by atoms with E-state index in [2.05, 4.69) is 15.5 Å². The number of ether oxygens (including phenoxy) is 1. The molecule has 0 spiro atoms. The zero-order chi connectivity index (χ0) is 23.0. The second-order valence-electron chi connectivity index (χ2n) is 7.68. The highest BCUT2D eigenvalue weighted by Gasteiger charge is 2.14. The van der Waals surface area contributed by atoms with Crippen LogP contribution in [0.3, 0.4) is 0 Å². The number of carbonyl (C=O) groups excluding carboxylic acids is 1. The normalized spacial score (nSPS) is 10.8. The number of nitrogen functional groups attached to an aromatic ring is 1. The number of nitrogens with one attached hydrogen (secondary N) is 2. The van der Waals surface area contributed by atoms with Gasteiger partial charge in [-0.1, -0.05) is 60.1 Å². The molecule has 0 saturated carbocycles. The fraction of sp³-hybridized carbons (Fsp3) is 0.154. The van der Waals surface area contributed by atoms with Gasteiger partial charge in [-0.3, -0.25) is 9.89 Å². The van der Waals surface area contributed by atoms with Crippen molar-refractivity contribution in [2.45, 2.75) is 19.6 Å². The molecule has 3 aromatic carbocycles. The van der Waals surface area contributed by atoms with E-state index in [1.54, 1.807) is 6.07 Å². The highest BCUT2D eigenvalue weighted by atomic mass is 35.5. The predicted octanol–water partition coefficient (Wildman–Crippen LogP) is 4.79. The van der Waals surface area contributed by atoms with E-state index in [0.717, 1.165) is 35.4 Å². The van der Waals surface area contributed by atoms with Gasteiger partial charge in [-0.05, 0) is 53.9 Å². The number of anilines is 1. The van der Waals surface area contributed by atoms with E-state index in [0.29, 0.717) is 29.3 Å². The van der Waals surface area contributed by atoms with E-state index in [9.17, 15) is 4.79 Å². The third-order valence-electron chi connectivity index (χ3n) is 5.26. The standard InChI is InChI=1S/C26H25ClN4O2/c27-22-9-10-24(33-17-18-5-2-1-3-6-18)20(14-22)11-12-29-15-19-7-4-8-21(13-19)25(32)23-16-30-31-26(23)28/h1-10,13-14,16,29H,11-12,15,17H2,(H3,28,30,31). The van der Waals surface area contributed by atoms with Crippen molar-refractivity contribution in [2.75, 3.05) is 12.3 Å². The quantitative estimate of drug-likeness (QED) is 0.234. The number of ketones is 1. The third-order valence-corrected chi connectivity index (χ3v) is 5.50. The molecule has 4 aromatic rings. The Balaban J connectivity index is 1.33. The van der Waals surface area contributed by atoms with Crippen LogP contribution in [0, 0.1) is 0 Å². The Morgan fingerprint density at radius 1 is 1.03 bits per heavy atom. The van der Waals surface area contributed by atoms with E-state index in [4.69, 9.17) is 22.1 Å². The molecule has 1 heterocycles. The molecule has 1 aromatic heterocycles. The molecule has 0 unspecified atom stereocenters. The zero-order valence-electron chi connectivity index (χ0n) is 18.1. The summed E-state index contributed by atoms with van der Waals surface area (Å²) < 4.78 is 6.04. The second kappa shape index (κ2) is 10.8. The molecule has 0 saturated heterocycles. The molecule has 0 aliphatic heterocycles. The van der Waals surface area contributed by atoms with Gasteiger partial charge in [0.15, 0.2) is 5.78 Å². The summed E-state index contributed by atoms with van der Waals surface area (Å²) in [5.41, 5.74) is 9.90. The van der Waals surface area contributed by atoms with Crippen LogP contribution < -0.4 is 15.8 Å². The summed E-state index contributed by atoms with van der Waals surface area (Å²) in [6, 6.07) is 23.3. The highest BCUT2D eigenvalue weighted by molar-refractivity contribution is 6.30. The van der Waals surface area contributed by atoms with Gasteiger partial charge in [0, 0.05) is 17.1 Å². The summed E-state index contributed by atoms with van der Waals surface area (Å²) in [5.74, 6) is 0.952. The fourth-order valence-corrected chi connectivity index (χ4v) is 3.73. The minimum Gasteiger partial charge on any atom is -0.489 e. The molecule has 0 amide bonds. The molecular weight excluding hydrogens is 436 g/mol. The Morgan fingerprint density at radius 2 is 1.85 bits per heavy atom. The highest BCUT2D eigenvalue weighted by Crippen LogP contribution is 2.24. The minimum absolute atomic E-state index is 0.151. The Hall–Kier alpha value is -3.61. The van der Waals surface area contributed by atoms with E-state index in [-0.39, 0.29) is 11.6 Å². The zero-order valence-corrected chi connectivity index (χ0v) is 18.8. The monoisotopic (exact) mass is 460 g/mol. The maximum absolute atomic E-state index is 12.6. The topological polar surface area (TPSA) is 93.0 Å². The number of nitrogens with two attached hydrogens (primary N) is 1. The predicted molar refractivity (Wildman–Crippen MR) is 131 cm³/mol. The molecule has 0 radical (unpaired) electrons. The number of H-pyrrole nitrogens is 1. The van der Waals surface area contributed by atoms with Gasteiger partial charge in [-0.15, -0.1) is 0 Å². The molecule has 0 aliphatic carbocycles. The molecule has 6 nitrogen and oxygen atoms in total. The lowest BCUT2D eigenvalue weighted by molar-refractivity contribution is 0.103. The molecule has 33 heavy (non-hydrogen) atoms. The molecule has 0 bridgehead atoms. The van der Waals surface area contributed by atoms with Crippen LogP contribution in [0.4, 0.5) is 5.82 Å². The summed E-state index contributed by atoms with van der Waals surface area (Å²) in [5, 5.41) is 10.5. The number of aromatic nitrogens is 2. The first kappa shape index (κ1) is 22.6. The Bertz CT molecular complexity index is 1220. The van der Waals surface area contributed by atoms with E-state index in [1.807, 2.05) is 66.7 Å². The van der Waals surface area contributed by atoms with Gasteiger partial charge in [0.05, 0.1) is 11.8 Å². The van der Waals surface area contributed by atoms with Gasteiger partial charge in [0.1, 0.15) is 18.2 Å². The van der Waals surface area contributed by atoms with Crippen LogP contribution >= 0.6 is 11.6 Å². The first-order valence-corrected chi connectivity index (χ1v) is 11.1. The summed E-state index contributed by atoms with van der Waals surface area (Å²) >= 11 is 6.22. The van der Waals surface area contributed by atoms with Crippen LogP contribution in [0.25, 0.3) is 0 Å². The lowest BCUT2D eigenvalue weighted by atomic mass is 10.0. The first-order valence-electron chi connectivity index (χ1n) is 10.7. The van der Waals surface area contributed by atoms with Gasteiger partial charge >= 0.3 is 0 Å². The first-order chi connectivity index (χ1) is 16.1. The summed E-state index contributed by atoms with van der Waals surface area (Å²) in [6.45, 7) is 1.86. The SMILES string of the molecule is Nc1[nH]ncc1C(=O)c1cccc(CNCCc2cc(Cl)ccc2OCc2ccccc2)c1. The number of hydrogen-bond acceptors (Lipinski definition) is 5. The molecule has 0 fully saturated rings. The number of benzene rings is 3. The molecule has 4 rings (SSSR count). The number of rotatable bonds is 10. The van der Waals surface area contributed by atoms with Crippen molar-refractivity contribution in [3.05, 3.63) is 112 Å². The van der Waals surface area contributed by atoms with Crippen LogP contribution in [-0.4, -0.2) is 22.5 Å². The largest absolute Gasteiger partial charge is 0.489 e. The number of halogens is 1. The Labute approximate surface area is 197 Å². The van der Waals surface area contributed by atoms with Gasteiger partial charge < -0.3 is 15.8 Å². The Kier molecular flexibility index (Phi) is 7.40. The van der Waals surface area contributed by atoms with Crippen molar-refractivity contribution in [1.82, 2.24) is 15.5 Å². The lowest BCUT2D eigenvalue weighted by Crippen LogP contribution is -2.17. The van der Waals surface area contributed by atoms with Crippen molar-refractivity contribution in [3.63, 3.8) is 0 Å². The molecular formula is C26H25ClN4O2. The van der Waals surface area contributed by atoms with Gasteiger partial charge in [0.25, 0.3) is 0 Å². The average molecular weight is 461 g/mol. The van der Waals surface area contributed by atoms with Gasteiger partial charge in [0.2, 0.25) is 0 Å². The molecule has 7 heteroatoms. The fourth-order valence-electron chi connectivity index (χ4n) is 3.53. The van der Waals surface area contributed by atoms with Crippen LogP contribution in [0.15, 0.2) is 79.0 Å². The molecule has 4 N–H and O–H groups in total. The van der Waals surface area contributed by atoms with Crippen molar-refractivity contribution < 1.29 is 9.53 Å². The lowest BCUT2D eigenvalue weighted by Gasteiger charge is -2.13. The number of carbonyl (C=O) groups is 1. The van der Waals surface area contributed by atoms with E-state index < -0.39 is 0 Å². The smallest absolute Gasteiger partial charge is 0.198 e. The molecule has 0 atom stereocenters. The summed E-state index contributed by atoms with van der Waals surface area (Å²) in [7, 11) is 0. The number of hydrogen-bond donors (Lipinski definition) is 3. The molecule has 168 valence electrons. The van der Waals surface area contributed by atoms with E-state index >= 15 is 0 Å². The maximum atomic E-state index is 12.6. The second-order valence-corrected chi connectivity index (χ2v) is 8.12. The minimum atomic E-state index is -0.151. The Morgan fingerprint density at radius 3 is 2.64 bits per heavy atom. The van der Waals surface area contributed by atoms with Gasteiger partial charge in [-0.2, -0.15) is 5.10 Å². The maximum Gasteiger partial charge on any atom is 0.198 e. The number of aromatic amines is 1. The van der Waals surface area contributed by atoms with Crippen molar-refractivity contribution in [3.8, 4) is 5.75 Å². The molecule has 0 aliphatic rings. The third kappa shape index (κ3) is 6.00. The van der Waals surface area contributed by atoms with E-state index in [1.165, 1.54) is 6.20 Å². The van der Waals surface area contributed by atoms with Crippen LogP contribution in [0.5, 0.6) is 5.75 Å². The van der Waals surface area contributed by atoms with Crippen LogP contribution in [0.1, 0.15) is 32.6 Å². The van der Waals surface area contributed by atoms with Crippen molar-refractivity contribution in [2.24, 2.45) is 0 Å². The average Bonchev–Trinajstić information content (AvgIpc) is 3.27. The van der Waals surface area contributed by atoms with Gasteiger partial charge in [-0.25, -0.2) is 0 Å². The van der Waals surface area contributed by atoms with Crippen LogP contribution in [0.2, 0.25) is 5.02 Å². The summed E-state index contributed by atoms with van der Waals surface area (Å²) in [6.07, 6.45) is 2.21. The van der Waals surface area contributed by atoms with Crippen LogP contribution in [-0.2, 0) is 19.6 Å².